The van der Waals surface area contributed by atoms with E-state index in [2.05, 4.69) is 10.3 Å². The Hall–Kier alpha value is -3.68. The van der Waals surface area contributed by atoms with Crippen LogP contribution in [-0.4, -0.2) is 40.0 Å². The monoisotopic (exact) mass is 435 g/mol. The number of methoxy groups -OCH3 is 1. The molecular weight excluding hydrogens is 409 g/mol. The molecule has 0 spiro atoms. The number of nitrogens with one attached hydrogen (secondary N) is 2. The lowest BCUT2D eigenvalue weighted by Crippen LogP contribution is -2.55. The number of carbonyl (C=O) groups is 1. The van der Waals surface area contributed by atoms with Gasteiger partial charge in [0.2, 0.25) is 0 Å². The molecule has 0 bridgehead atoms. The smallest absolute Gasteiger partial charge is 0.323 e. The third kappa shape index (κ3) is 4.21. The number of amidine groups is 1. The van der Waals surface area contributed by atoms with Gasteiger partial charge in [-0.05, 0) is 55.7 Å². The standard InChI is InChI=1S/C24H26FN5O2/c1-15-13-29(14-28-15)21-9-4-17(11-22(21)32-3)10-19-12-27-24(31)30(23(19)26)16(2)18-5-7-20(25)8-6-18/h4-9,11,13-14,16,19,26H,10,12H2,1-3H3,(H,27,31). The molecule has 0 aliphatic carbocycles. The topological polar surface area (TPSA) is 83.2 Å². The molecule has 4 rings (SSSR count). The number of benzene rings is 2. The summed E-state index contributed by atoms with van der Waals surface area (Å²) in [5.41, 5.74) is 3.57. The number of rotatable bonds is 6. The van der Waals surface area contributed by atoms with Crippen molar-refractivity contribution in [3.8, 4) is 11.4 Å². The van der Waals surface area contributed by atoms with Crippen LogP contribution in [0.5, 0.6) is 5.75 Å². The average Bonchev–Trinajstić information content (AvgIpc) is 3.22. The first-order chi connectivity index (χ1) is 15.4. The van der Waals surface area contributed by atoms with Crippen molar-refractivity contribution >= 4 is 11.9 Å². The third-order valence-electron chi connectivity index (χ3n) is 5.82. The number of carbonyl (C=O) groups excluding carboxylic acids is 1. The average molecular weight is 436 g/mol. The summed E-state index contributed by atoms with van der Waals surface area (Å²) < 4.78 is 20.8. The Morgan fingerprint density at radius 2 is 2.03 bits per heavy atom. The van der Waals surface area contributed by atoms with Crippen molar-refractivity contribution in [2.45, 2.75) is 26.3 Å². The summed E-state index contributed by atoms with van der Waals surface area (Å²) in [5, 5.41) is 11.6. The van der Waals surface area contributed by atoms with Crippen molar-refractivity contribution in [2.75, 3.05) is 13.7 Å². The van der Waals surface area contributed by atoms with E-state index in [9.17, 15) is 9.18 Å². The fourth-order valence-corrected chi connectivity index (χ4v) is 4.04. The van der Waals surface area contributed by atoms with E-state index in [1.54, 1.807) is 25.6 Å². The van der Waals surface area contributed by atoms with Crippen molar-refractivity contribution in [1.82, 2.24) is 19.8 Å². The van der Waals surface area contributed by atoms with E-state index in [4.69, 9.17) is 10.1 Å². The second kappa shape index (κ2) is 8.82. The van der Waals surface area contributed by atoms with Crippen LogP contribution in [0.3, 0.4) is 0 Å². The normalized spacial score (nSPS) is 17.2. The van der Waals surface area contributed by atoms with Crippen LogP contribution in [0.2, 0.25) is 0 Å². The maximum atomic E-state index is 13.3. The van der Waals surface area contributed by atoms with Gasteiger partial charge in [0.25, 0.3) is 0 Å². The van der Waals surface area contributed by atoms with E-state index < -0.39 is 0 Å². The Balaban J connectivity index is 1.54. The third-order valence-corrected chi connectivity index (χ3v) is 5.82. The number of hydrogen-bond acceptors (Lipinski definition) is 4. The van der Waals surface area contributed by atoms with Crippen LogP contribution >= 0.6 is 0 Å². The van der Waals surface area contributed by atoms with Gasteiger partial charge >= 0.3 is 6.03 Å². The summed E-state index contributed by atoms with van der Waals surface area (Å²) in [5.74, 6) is 0.434. The molecule has 1 aliphatic heterocycles. The van der Waals surface area contributed by atoms with E-state index in [0.717, 1.165) is 22.5 Å². The van der Waals surface area contributed by atoms with Crippen molar-refractivity contribution in [2.24, 2.45) is 5.92 Å². The Morgan fingerprint density at radius 1 is 1.28 bits per heavy atom. The summed E-state index contributed by atoms with van der Waals surface area (Å²) in [7, 11) is 1.63. The van der Waals surface area contributed by atoms with E-state index in [1.807, 2.05) is 42.8 Å². The predicted molar refractivity (Wildman–Crippen MR) is 120 cm³/mol. The van der Waals surface area contributed by atoms with Gasteiger partial charge in [-0.2, -0.15) is 0 Å². The van der Waals surface area contributed by atoms with Crippen molar-refractivity contribution in [1.29, 1.82) is 5.41 Å². The SMILES string of the molecule is COc1cc(CC2CNC(=O)N(C(C)c3ccc(F)cc3)C2=N)ccc1-n1cnc(C)c1. The van der Waals surface area contributed by atoms with Gasteiger partial charge in [-0.3, -0.25) is 10.3 Å². The molecule has 32 heavy (non-hydrogen) atoms. The van der Waals surface area contributed by atoms with Crippen molar-refractivity contribution < 1.29 is 13.9 Å². The van der Waals surface area contributed by atoms with Crippen LogP contribution in [-0.2, 0) is 6.42 Å². The second-order valence-corrected chi connectivity index (χ2v) is 8.00. The van der Waals surface area contributed by atoms with Gasteiger partial charge in [-0.1, -0.05) is 18.2 Å². The quantitative estimate of drug-likeness (QED) is 0.607. The first kappa shape index (κ1) is 21.5. The van der Waals surface area contributed by atoms with Crippen LogP contribution in [0, 0.1) is 24.1 Å². The fourth-order valence-electron chi connectivity index (χ4n) is 4.04. The number of nitrogens with zero attached hydrogens (tertiary/aromatic N) is 3. The molecule has 0 radical (unpaired) electrons. The largest absolute Gasteiger partial charge is 0.495 e. The van der Waals surface area contributed by atoms with Gasteiger partial charge in [-0.25, -0.2) is 14.2 Å². The molecule has 2 unspecified atom stereocenters. The Labute approximate surface area is 186 Å². The maximum Gasteiger partial charge on any atom is 0.323 e. The second-order valence-electron chi connectivity index (χ2n) is 8.00. The van der Waals surface area contributed by atoms with Gasteiger partial charge in [0.05, 0.1) is 30.9 Å². The minimum atomic E-state index is -0.382. The molecule has 0 saturated carbocycles. The summed E-state index contributed by atoms with van der Waals surface area (Å²) in [6, 6.07) is 11.3. The highest BCUT2D eigenvalue weighted by Crippen LogP contribution is 2.29. The van der Waals surface area contributed by atoms with E-state index in [1.165, 1.54) is 17.0 Å². The number of halogens is 1. The molecule has 1 saturated heterocycles. The summed E-state index contributed by atoms with van der Waals surface area (Å²) in [6.07, 6.45) is 4.25. The van der Waals surface area contributed by atoms with Gasteiger partial charge in [0.15, 0.2) is 0 Å². The number of ether oxygens (including phenoxy) is 1. The zero-order valence-electron chi connectivity index (χ0n) is 18.3. The van der Waals surface area contributed by atoms with Crippen LogP contribution in [0.25, 0.3) is 5.69 Å². The fraction of sp³-hybridized carbons (Fsp3) is 0.292. The minimum absolute atomic E-state index is 0.193. The van der Waals surface area contributed by atoms with Gasteiger partial charge < -0.3 is 14.6 Å². The van der Waals surface area contributed by atoms with Crippen LogP contribution in [0.15, 0.2) is 55.0 Å². The molecule has 8 heteroatoms. The first-order valence-corrected chi connectivity index (χ1v) is 10.5. The zero-order chi connectivity index (χ0) is 22.8. The molecule has 1 aliphatic rings. The van der Waals surface area contributed by atoms with Crippen LogP contribution < -0.4 is 10.1 Å². The Kier molecular flexibility index (Phi) is 5.94. The highest BCUT2D eigenvalue weighted by Gasteiger charge is 2.34. The molecule has 2 aromatic carbocycles. The molecule has 2 atom stereocenters. The Bertz CT molecular complexity index is 1140. The number of imidazole rings is 1. The summed E-state index contributed by atoms with van der Waals surface area (Å²) in [4.78, 5) is 18.3. The summed E-state index contributed by atoms with van der Waals surface area (Å²) in [6.45, 7) is 4.16. The van der Waals surface area contributed by atoms with E-state index in [0.29, 0.717) is 18.7 Å². The molecule has 1 fully saturated rings. The van der Waals surface area contributed by atoms with Crippen molar-refractivity contribution in [3.63, 3.8) is 0 Å². The van der Waals surface area contributed by atoms with Gasteiger partial charge in [-0.15, -0.1) is 0 Å². The lowest BCUT2D eigenvalue weighted by Gasteiger charge is -2.38. The predicted octanol–water partition coefficient (Wildman–Crippen LogP) is 4.25. The number of urea groups is 1. The highest BCUT2D eigenvalue weighted by molar-refractivity contribution is 6.00. The minimum Gasteiger partial charge on any atom is -0.495 e. The van der Waals surface area contributed by atoms with Gasteiger partial charge in [0, 0.05) is 18.7 Å². The molecule has 2 amide bonds. The summed E-state index contributed by atoms with van der Waals surface area (Å²) >= 11 is 0. The molecule has 2 N–H and O–H groups in total. The molecule has 2 heterocycles. The number of aryl methyl sites for hydroxylation is 1. The Morgan fingerprint density at radius 3 is 2.69 bits per heavy atom. The maximum absolute atomic E-state index is 13.3. The molecule has 3 aromatic rings. The zero-order valence-corrected chi connectivity index (χ0v) is 18.3. The van der Waals surface area contributed by atoms with Gasteiger partial charge in [0.1, 0.15) is 17.4 Å². The van der Waals surface area contributed by atoms with E-state index in [-0.39, 0.29) is 29.6 Å². The van der Waals surface area contributed by atoms with Crippen LogP contribution in [0.4, 0.5) is 9.18 Å². The number of aromatic nitrogens is 2. The first-order valence-electron chi connectivity index (χ1n) is 10.5. The van der Waals surface area contributed by atoms with Crippen molar-refractivity contribution in [3.05, 3.63) is 77.6 Å². The lowest BCUT2D eigenvalue weighted by atomic mass is 9.94. The number of hydrogen-bond donors (Lipinski definition) is 2. The lowest BCUT2D eigenvalue weighted by molar-refractivity contribution is 0.199. The van der Waals surface area contributed by atoms with E-state index >= 15 is 0 Å². The molecule has 7 nitrogen and oxygen atoms in total. The van der Waals surface area contributed by atoms with Crippen LogP contribution in [0.1, 0.15) is 29.8 Å². The molecule has 166 valence electrons. The molecule has 1 aromatic heterocycles. The highest BCUT2D eigenvalue weighted by atomic mass is 19.1. The number of amides is 2. The molecular formula is C24H26FN5O2.